The zero-order valence-corrected chi connectivity index (χ0v) is 15.3. The van der Waals surface area contributed by atoms with Gasteiger partial charge in [0.05, 0.1) is 5.52 Å². The highest BCUT2D eigenvalue weighted by Crippen LogP contribution is 2.33. The molecule has 0 bridgehead atoms. The van der Waals surface area contributed by atoms with Crippen LogP contribution < -0.4 is 5.32 Å². The Labute approximate surface area is 155 Å². The first-order valence-corrected chi connectivity index (χ1v) is 8.45. The maximum Gasteiger partial charge on any atom is 0.222 e. The van der Waals surface area contributed by atoms with Crippen LogP contribution in [0.1, 0.15) is 24.8 Å². The Balaban J connectivity index is 2.15. The second-order valence-corrected chi connectivity index (χ2v) is 6.54. The molecular weight excluding hydrogens is 349 g/mol. The zero-order valence-electron chi connectivity index (χ0n) is 15.3. The number of aromatic amines is 1. The molecule has 0 saturated carbocycles. The fraction of sp³-hybridized carbons (Fsp3) is 0.263. The number of pyridine rings is 1. The van der Waals surface area contributed by atoms with Gasteiger partial charge in [0.1, 0.15) is 17.0 Å². The van der Waals surface area contributed by atoms with E-state index in [1.165, 1.54) is 23.2 Å². The molecule has 0 aliphatic heterocycles. The summed E-state index contributed by atoms with van der Waals surface area (Å²) in [6, 6.07) is 6.50. The van der Waals surface area contributed by atoms with Crippen LogP contribution in [0.25, 0.3) is 22.3 Å². The number of hydrogen-bond donors (Lipinski definition) is 2. The lowest BCUT2D eigenvalue weighted by atomic mass is 9.93. The van der Waals surface area contributed by atoms with Crippen molar-refractivity contribution in [2.45, 2.75) is 19.3 Å². The van der Waals surface area contributed by atoms with E-state index in [0.717, 1.165) is 5.56 Å². The molecule has 0 aliphatic carbocycles. The van der Waals surface area contributed by atoms with Crippen LogP contribution in [0.3, 0.4) is 0 Å². The molecule has 3 rings (SSSR count). The maximum atomic E-state index is 14.4. The van der Waals surface area contributed by atoms with E-state index in [2.05, 4.69) is 20.3 Å². The molecule has 0 radical (unpaired) electrons. The van der Waals surface area contributed by atoms with Crippen molar-refractivity contribution >= 4 is 29.3 Å². The molecule has 1 aromatic carbocycles. The Morgan fingerprint density at radius 1 is 1.41 bits per heavy atom. The first kappa shape index (κ1) is 18.5. The third kappa shape index (κ3) is 3.79. The lowest BCUT2D eigenvalue weighted by molar-refractivity contribution is -0.129. The van der Waals surface area contributed by atoms with E-state index >= 15 is 0 Å². The van der Waals surface area contributed by atoms with Crippen molar-refractivity contribution in [1.29, 1.82) is 0 Å². The number of nitrogens with zero attached hydrogens (tertiary/aromatic N) is 3. The summed E-state index contributed by atoms with van der Waals surface area (Å²) in [6.45, 7) is 1.93. The molecule has 140 valence electrons. The molecule has 8 heteroatoms. The summed E-state index contributed by atoms with van der Waals surface area (Å²) in [5.41, 5.74) is 2.63. The number of halogens is 1. The number of benzene rings is 1. The minimum Gasteiger partial charge on any atom is -0.349 e. The first-order chi connectivity index (χ1) is 12.9. The molecule has 0 aliphatic rings. The summed E-state index contributed by atoms with van der Waals surface area (Å²) in [6.07, 6.45) is 2.33. The number of carbonyl (C=O) groups is 2. The molecule has 1 unspecified atom stereocenters. The molecule has 0 spiro atoms. The van der Waals surface area contributed by atoms with Crippen molar-refractivity contribution in [2.24, 2.45) is 0 Å². The average molecular weight is 369 g/mol. The number of nitrogens with one attached hydrogen (secondary N) is 2. The van der Waals surface area contributed by atoms with Crippen LogP contribution in [0, 0.1) is 5.82 Å². The summed E-state index contributed by atoms with van der Waals surface area (Å²) in [5, 5.41) is 2.46. The van der Waals surface area contributed by atoms with Crippen molar-refractivity contribution in [3.63, 3.8) is 0 Å². The number of H-pyrrole nitrogens is 1. The van der Waals surface area contributed by atoms with Crippen LogP contribution in [0.15, 0.2) is 30.5 Å². The number of aromatic nitrogens is 3. The summed E-state index contributed by atoms with van der Waals surface area (Å²) in [7, 11) is 3.42. The highest BCUT2D eigenvalue weighted by Gasteiger charge is 2.19. The SMILES string of the molecule is CC(CC(=O)N(C)C)c1cc(-c2ncccc2F)c2nc(NC=O)[nH]c2c1. The lowest BCUT2D eigenvalue weighted by Crippen LogP contribution is -2.23. The van der Waals surface area contributed by atoms with Gasteiger partial charge in [0.2, 0.25) is 18.3 Å². The summed E-state index contributed by atoms with van der Waals surface area (Å²) < 4.78 is 14.4. The first-order valence-electron chi connectivity index (χ1n) is 8.45. The minimum atomic E-state index is -0.471. The zero-order chi connectivity index (χ0) is 19.6. The van der Waals surface area contributed by atoms with Crippen molar-refractivity contribution in [1.82, 2.24) is 19.9 Å². The van der Waals surface area contributed by atoms with Gasteiger partial charge in [-0.15, -0.1) is 0 Å². The Hall–Kier alpha value is -3.29. The Morgan fingerprint density at radius 3 is 2.85 bits per heavy atom. The van der Waals surface area contributed by atoms with E-state index in [1.807, 2.05) is 13.0 Å². The largest absolute Gasteiger partial charge is 0.349 e. The second kappa shape index (κ2) is 7.53. The van der Waals surface area contributed by atoms with E-state index < -0.39 is 5.82 Å². The molecule has 0 saturated heterocycles. The molecular formula is C19H20FN5O2. The molecule has 27 heavy (non-hydrogen) atoms. The number of anilines is 1. The molecule has 7 nitrogen and oxygen atoms in total. The fourth-order valence-electron chi connectivity index (χ4n) is 2.88. The van der Waals surface area contributed by atoms with Gasteiger partial charge < -0.3 is 9.88 Å². The van der Waals surface area contributed by atoms with Gasteiger partial charge >= 0.3 is 0 Å². The predicted octanol–water partition coefficient (Wildman–Crippen LogP) is 2.91. The molecule has 2 heterocycles. The smallest absolute Gasteiger partial charge is 0.222 e. The third-order valence-corrected chi connectivity index (χ3v) is 4.37. The van der Waals surface area contributed by atoms with Crippen LogP contribution in [0.4, 0.5) is 10.3 Å². The van der Waals surface area contributed by atoms with Gasteiger partial charge in [0.25, 0.3) is 0 Å². The highest BCUT2D eigenvalue weighted by molar-refractivity contribution is 5.94. The van der Waals surface area contributed by atoms with Gasteiger partial charge in [0, 0.05) is 32.3 Å². The molecule has 2 amide bonds. The predicted molar refractivity (Wildman–Crippen MR) is 101 cm³/mol. The van der Waals surface area contributed by atoms with Gasteiger partial charge in [-0.1, -0.05) is 6.92 Å². The molecule has 2 aromatic heterocycles. The van der Waals surface area contributed by atoms with Crippen molar-refractivity contribution in [2.75, 3.05) is 19.4 Å². The summed E-state index contributed by atoms with van der Waals surface area (Å²) >= 11 is 0. The summed E-state index contributed by atoms with van der Waals surface area (Å²) in [4.78, 5) is 35.8. The number of imidazole rings is 1. The Kier molecular flexibility index (Phi) is 5.16. The molecule has 1 atom stereocenters. The number of hydrogen-bond acceptors (Lipinski definition) is 4. The monoisotopic (exact) mass is 369 g/mol. The molecule has 3 aromatic rings. The fourth-order valence-corrected chi connectivity index (χ4v) is 2.88. The normalized spacial score (nSPS) is 12.0. The number of amides is 2. The van der Waals surface area contributed by atoms with E-state index in [1.54, 1.807) is 20.2 Å². The standard InChI is InChI=1S/C19H20FN5O2/c1-11(7-16(27)25(2)3)12-8-13(17-14(20)5-4-6-21-17)18-15(9-12)23-19(24-18)22-10-26/h4-6,8-11H,7H2,1-3H3,(H2,22,23,24,26). The maximum absolute atomic E-state index is 14.4. The van der Waals surface area contributed by atoms with Gasteiger partial charge in [-0.2, -0.15) is 0 Å². The van der Waals surface area contributed by atoms with Crippen LogP contribution in [-0.2, 0) is 9.59 Å². The van der Waals surface area contributed by atoms with Crippen LogP contribution >= 0.6 is 0 Å². The topological polar surface area (TPSA) is 91.0 Å². The van der Waals surface area contributed by atoms with E-state index in [4.69, 9.17) is 0 Å². The van der Waals surface area contributed by atoms with Gasteiger partial charge in [-0.05, 0) is 35.7 Å². The molecule has 2 N–H and O–H groups in total. The van der Waals surface area contributed by atoms with E-state index in [-0.39, 0.29) is 23.5 Å². The van der Waals surface area contributed by atoms with Gasteiger partial charge in [0.15, 0.2) is 0 Å². The van der Waals surface area contributed by atoms with Crippen molar-refractivity contribution in [3.05, 3.63) is 41.8 Å². The average Bonchev–Trinajstić information content (AvgIpc) is 3.04. The lowest BCUT2D eigenvalue weighted by Gasteiger charge is -2.16. The Morgan fingerprint density at radius 2 is 2.19 bits per heavy atom. The van der Waals surface area contributed by atoms with Gasteiger partial charge in [-0.25, -0.2) is 9.37 Å². The van der Waals surface area contributed by atoms with Crippen LogP contribution in [-0.4, -0.2) is 46.3 Å². The van der Waals surface area contributed by atoms with Crippen LogP contribution in [0.2, 0.25) is 0 Å². The molecule has 0 fully saturated rings. The number of rotatable bonds is 6. The van der Waals surface area contributed by atoms with E-state index in [0.29, 0.717) is 29.4 Å². The van der Waals surface area contributed by atoms with Crippen molar-refractivity contribution in [3.8, 4) is 11.3 Å². The number of carbonyl (C=O) groups excluding carboxylic acids is 2. The van der Waals surface area contributed by atoms with Crippen molar-refractivity contribution < 1.29 is 14.0 Å². The van der Waals surface area contributed by atoms with Gasteiger partial charge in [-0.3, -0.25) is 19.9 Å². The highest BCUT2D eigenvalue weighted by atomic mass is 19.1. The second-order valence-electron chi connectivity index (χ2n) is 6.54. The minimum absolute atomic E-state index is 0.00100. The third-order valence-electron chi connectivity index (χ3n) is 4.37. The quantitative estimate of drug-likeness (QED) is 0.654. The Bertz CT molecular complexity index is 999. The van der Waals surface area contributed by atoms with E-state index in [9.17, 15) is 14.0 Å². The number of fused-ring (bicyclic) bond motifs is 1. The van der Waals surface area contributed by atoms with Crippen LogP contribution in [0.5, 0.6) is 0 Å². The summed E-state index contributed by atoms with van der Waals surface area (Å²) in [5.74, 6) is -0.311.